The molecular formula is C18H26N4O2. The first-order valence-corrected chi connectivity index (χ1v) is 8.12. The van der Waals surface area contributed by atoms with Gasteiger partial charge in [-0.2, -0.15) is 0 Å². The van der Waals surface area contributed by atoms with Crippen LogP contribution in [0.5, 0.6) is 11.5 Å². The smallest absolute Gasteiger partial charge is 0.144 e. The number of hydrogen-bond donors (Lipinski definition) is 4. The molecule has 6 heteroatoms. The Hall–Kier alpha value is -2.76. The van der Waals surface area contributed by atoms with Crippen molar-refractivity contribution in [1.82, 2.24) is 0 Å². The summed E-state index contributed by atoms with van der Waals surface area (Å²) < 4.78 is 11.3. The van der Waals surface area contributed by atoms with Crippen molar-refractivity contribution in [3.63, 3.8) is 0 Å². The highest BCUT2D eigenvalue weighted by molar-refractivity contribution is 5.60. The van der Waals surface area contributed by atoms with Gasteiger partial charge in [0.25, 0.3) is 0 Å². The third-order valence-electron chi connectivity index (χ3n) is 3.63. The van der Waals surface area contributed by atoms with Crippen molar-refractivity contribution in [2.45, 2.75) is 25.7 Å². The second kappa shape index (κ2) is 8.76. The molecule has 130 valence electrons. The lowest BCUT2D eigenvalue weighted by molar-refractivity contribution is 0.289. The number of nitrogen functional groups attached to an aromatic ring is 4. The predicted octanol–water partition coefficient (Wildman–Crippen LogP) is 3.03. The van der Waals surface area contributed by atoms with Gasteiger partial charge in [0.1, 0.15) is 11.5 Å². The molecule has 2 rings (SSSR count). The molecule has 0 fully saturated rings. The number of hydrogen-bond acceptors (Lipinski definition) is 6. The van der Waals surface area contributed by atoms with Gasteiger partial charge in [-0.25, -0.2) is 0 Å². The van der Waals surface area contributed by atoms with Crippen LogP contribution in [0.3, 0.4) is 0 Å². The van der Waals surface area contributed by atoms with Crippen molar-refractivity contribution in [1.29, 1.82) is 0 Å². The summed E-state index contributed by atoms with van der Waals surface area (Å²) in [5.74, 6) is 1.30. The molecule has 2 aromatic carbocycles. The molecule has 0 saturated carbocycles. The molecule has 0 bridgehead atoms. The van der Waals surface area contributed by atoms with Gasteiger partial charge in [-0.3, -0.25) is 0 Å². The van der Waals surface area contributed by atoms with E-state index < -0.39 is 0 Å². The Kier molecular flexibility index (Phi) is 6.42. The molecule has 24 heavy (non-hydrogen) atoms. The Morgan fingerprint density at radius 1 is 0.583 bits per heavy atom. The van der Waals surface area contributed by atoms with E-state index in [-0.39, 0.29) is 0 Å². The van der Waals surface area contributed by atoms with Crippen molar-refractivity contribution < 1.29 is 9.47 Å². The lowest BCUT2D eigenvalue weighted by Gasteiger charge is -2.10. The summed E-state index contributed by atoms with van der Waals surface area (Å²) in [6, 6.07) is 10.5. The van der Waals surface area contributed by atoms with Gasteiger partial charge in [0.05, 0.1) is 24.6 Å². The SMILES string of the molecule is Nc1ccc(N)c(OCCCCCCOc2cc(N)ccc2N)c1. The largest absolute Gasteiger partial charge is 0.491 e. The number of nitrogens with two attached hydrogens (primary N) is 4. The van der Waals surface area contributed by atoms with Crippen LogP contribution in [0.25, 0.3) is 0 Å². The molecule has 0 saturated heterocycles. The van der Waals surface area contributed by atoms with Gasteiger partial charge < -0.3 is 32.4 Å². The first kappa shape index (κ1) is 17.6. The highest BCUT2D eigenvalue weighted by Gasteiger charge is 2.02. The lowest BCUT2D eigenvalue weighted by Crippen LogP contribution is -2.03. The normalized spacial score (nSPS) is 10.5. The fourth-order valence-corrected chi connectivity index (χ4v) is 2.27. The zero-order chi connectivity index (χ0) is 17.4. The number of benzene rings is 2. The van der Waals surface area contributed by atoms with Crippen LogP contribution < -0.4 is 32.4 Å². The molecule has 0 spiro atoms. The van der Waals surface area contributed by atoms with E-state index in [0.29, 0.717) is 47.5 Å². The van der Waals surface area contributed by atoms with Crippen LogP contribution in [0.4, 0.5) is 22.7 Å². The van der Waals surface area contributed by atoms with E-state index in [1.165, 1.54) is 0 Å². The topological polar surface area (TPSA) is 123 Å². The van der Waals surface area contributed by atoms with Crippen molar-refractivity contribution in [2.24, 2.45) is 0 Å². The Balaban J connectivity index is 1.57. The molecule has 6 nitrogen and oxygen atoms in total. The maximum Gasteiger partial charge on any atom is 0.144 e. The minimum Gasteiger partial charge on any atom is -0.491 e. The van der Waals surface area contributed by atoms with Crippen LogP contribution in [0.1, 0.15) is 25.7 Å². The minimum absolute atomic E-state index is 0.609. The Bertz CT molecular complexity index is 604. The number of ether oxygens (including phenoxy) is 2. The van der Waals surface area contributed by atoms with E-state index >= 15 is 0 Å². The van der Waals surface area contributed by atoms with E-state index in [0.717, 1.165) is 25.7 Å². The lowest BCUT2D eigenvalue weighted by atomic mass is 10.2. The molecule has 0 amide bonds. The Morgan fingerprint density at radius 3 is 1.42 bits per heavy atom. The van der Waals surface area contributed by atoms with E-state index in [2.05, 4.69) is 0 Å². The maximum atomic E-state index is 5.83. The fourth-order valence-electron chi connectivity index (χ4n) is 2.27. The summed E-state index contributed by atoms with van der Waals surface area (Å²) >= 11 is 0. The van der Waals surface area contributed by atoms with Gasteiger partial charge in [0.2, 0.25) is 0 Å². The number of unbranched alkanes of at least 4 members (excludes halogenated alkanes) is 3. The average molecular weight is 330 g/mol. The number of anilines is 4. The van der Waals surface area contributed by atoms with E-state index in [1.54, 1.807) is 36.4 Å². The van der Waals surface area contributed by atoms with E-state index in [9.17, 15) is 0 Å². The summed E-state index contributed by atoms with van der Waals surface area (Å²) in [7, 11) is 0. The zero-order valence-corrected chi connectivity index (χ0v) is 13.8. The van der Waals surface area contributed by atoms with Crippen LogP contribution in [0.15, 0.2) is 36.4 Å². The van der Waals surface area contributed by atoms with Crippen LogP contribution in [0, 0.1) is 0 Å². The van der Waals surface area contributed by atoms with Crippen molar-refractivity contribution >= 4 is 22.7 Å². The Morgan fingerprint density at radius 2 is 1.00 bits per heavy atom. The molecule has 0 atom stereocenters. The number of rotatable bonds is 9. The zero-order valence-electron chi connectivity index (χ0n) is 13.8. The second-order valence-corrected chi connectivity index (χ2v) is 5.71. The van der Waals surface area contributed by atoms with Gasteiger partial charge in [-0.1, -0.05) is 0 Å². The monoisotopic (exact) mass is 330 g/mol. The van der Waals surface area contributed by atoms with Gasteiger partial charge in [0.15, 0.2) is 0 Å². The van der Waals surface area contributed by atoms with E-state index in [4.69, 9.17) is 32.4 Å². The first-order valence-electron chi connectivity index (χ1n) is 8.12. The van der Waals surface area contributed by atoms with Gasteiger partial charge in [-0.15, -0.1) is 0 Å². The fraction of sp³-hybridized carbons (Fsp3) is 0.333. The molecule has 0 aliphatic rings. The van der Waals surface area contributed by atoms with Gasteiger partial charge >= 0.3 is 0 Å². The Labute approximate surface area is 142 Å². The predicted molar refractivity (Wildman–Crippen MR) is 100.0 cm³/mol. The quantitative estimate of drug-likeness (QED) is 0.414. The highest BCUT2D eigenvalue weighted by Crippen LogP contribution is 2.25. The van der Waals surface area contributed by atoms with Crippen LogP contribution in [0.2, 0.25) is 0 Å². The second-order valence-electron chi connectivity index (χ2n) is 5.71. The molecule has 8 N–H and O–H groups in total. The highest BCUT2D eigenvalue weighted by atomic mass is 16.5. The van der Waals surface area contributed by atoms with Crippen molar-refractivity contribution in [3.05, 3.63) is 36.4 Å². The molecule has 0 radical (unpaired) electrons. The minimum atomic E-state index is 0.609. The molecular weight excluding hydrogens is 304 g/mol. The van der Waals surface area contributed by atoms with E-state index in [1.807, 2.05) is 0 Å². The first-order chi connectivity index (χ1) is 11.6. The van der Waals surface area contributed by atoms with Crippen LogP contribution in [-0.2, 0) is 0 Å². The summed E-state index contributed by atoms with van der Waals surface area (Å²) in [6.45, 7) is 1.24. The van der Waals surface area contributed by atoms with Crippen LogP contribution >= 0.6 is 0 Å². The summed E-state index contributed by atoms with van der Waals surface area (Å²) in [4.78, 5) is 0. The van der Waals surface area contributed by atoms with Crippen LogP contribution in [-0.4, -0.2) is 13.2 Å². The molecule has 0 aliphatic carbocycles. The molecule has 0 aliphatic heterocycles. The molecule has 0 unspecified atom stereocenters. The van der Waals surface area contributed by atoms with Gasteiger partial charge in [0, 0.05) is 23.5 Å². The summed E-state index contributed by atoms with van der Waals surface area (Å²) in [5.41, 5.74) is 25.6. The third kappa shape index (κ3) is 5.46. The third-order valence-corrected chi connectivity index (χ3v) is 3.63. The van der Waals surface area contributed by atoms with Crippen molar-refractivity contribution in [3.8, 4) is 11.5 Å². The summed E-state index contributed by atoms with van der Waals surface area (Å²) in [6.07, 6.45) is 4.01. The van der Waals surface area contributed by atoms with Crippen molar-refractivity contribution in [2.75, 3.05) is 36.1 Å². The molecule has 0 aromatic heterocycles. The maximum absolute atomic E-state index is 5.83. The molecule has 0 heterocycles. The standard InChI is InChI=1S/C18H26N4O2/c19-13-5-7-15(21)17(11-13)23-9-3-1-2-4-10-24-18-12-14(20)6-8-16(18)22/h5-8,11-12H,1-4,9-10,19-22H2. The molecule has 2 aromatic rings. The van der Waals surface area contributed by atoms with Gasteiger partial charge in [-0.05, 0) is 49.9 Å². The summed E-state index contributed by atoms with van der Waals surface area (Å²) in [5, 5.41) is 0. The average Bonchev–Trinajstić information content (AvgIpc) is 2.56.